The Morgan fingerprint density at radius 2 is 1.75 bits per heavy atom. The van der Waals surface area contributed by atoms with Gasteiger partial charge in [0, 0.05) is 0 Å². The monoisotopic (exact) mass is 173 g/mol. The van der Waals surface area contributed by atoms with Gasteiger partial charge in [0.15, 0.2) is 0 Å². The van der Waals surface area contributed by atoms with Gasteiger partial charge in [0.2, 0.25) is 0 Å². The molecule has 0 aliphatic heterocycles. The van der Waals surface area contributed by atoms with Crippen LogP contribution in [0.15, 0.2) is 5.29 Å². The van der Waals surface area contributed by atoms with E-state index in [2.05, 4.69) is 12.2 Å². The van der Waals surface area contributed by atoms with Crippen molar-refractivity contribution in [2.45, 2.75) is 45.4 Å². The van der Waals surface area contributed by atoms with Crippen LogP contribution in [0.2, 0.25) is 0 Å². The van der Waals surface area contributed by atoms with Crippen molar-refractivity contribution in [1.82, 2.24) is 5.12 Å². The van der Waals surface area contributed by atoms with Gasteiger partial charge in [-0.1, -0.05) is 39.0 Å². The van der Waals surface area contributed by atoms with Crippen LogP contribution in [0.3, 0.4) is 0 Å². The number of unbranched alkanes of at least 4 members (excludes halogenated alkanes) is 5. The van der Waals surface area contributed by atoms with E-state index in [1.54, 1.807) is 0 Å². The van der Waals surface area contributed by atoms with Crippen molar-refractivity contribution in [2.75, 3.05) is 6.54 Å². The summed E-state index contributed by atoms with van der Waals surface area (Å²) in [5.74, 6) is 5.17. The Morgan fingerprint density at radius 1 is 1.17 bits per heavy atom. The van der Waals surface area contributed by atoms with E-state index >= 15 is 0 Å². The quantitative estimate of drug-likeness (QED) is 0.265. The summed E-state index contributed by atoms with van der Waals surface area (Å²) >= 11 is 0. The Kier molecular flexibility index (Phi) is 8.01. The van der Waals surface area contributed by atoms with E-state index in [1.165, 1.54) is 25.7 Å². The third-order valence-corrected chi connectivity index (χ3v) is 1.85. The summed E-state index contributed by atoms with van der Waals surface area (Å²) in [5, 5.41) is 3.54. The minimum Gasteiger partial charge on any atom is -0.229 e. The number of nitroso groups, excluding NO2 is 1. The number of nitrogens with two attached hydrogens (primary N) is 1. The maximum Gasteiger partial charge on any atom is 0.0681 e. The normalized spacial score (nSPS) is 9.83. The first-order chi connectivity index (χ1) is 5.81. The third-order valence-electron chi connectivity index (χ3n) is 1.85. The lowest BCUT2D eigenvalue weighted by Gasteiger charge is -2.06. The summed E-state index contributed by atoms with van der Waals surface area (Å²) in [5.41, 5.74) is 0. The molecule has 4 heteroatoms. The zero-order valence-corrected chi connectivity index (χ0v) is 7.83. The van der Waals surface area contributed by atoms with Gasteiger partial charge >= 0.3 is 0 Å². The number of hydrazine groups is 1. The predicted molar refractivity (Wildman–Crippen MR) is 50.1 cm³/mol. The second-order valence-electron chi connectivity index (χ2n) is 3.01. The fourth-order valence-electron chi connectivity index (χ4n) is 1.09. The predicted octanol–water partition coefficient (Wildman–Crippen LogP) is 2.20. The van der Waals surface area contributed by atoms with Crippen molar-refractivity contribution < 1.29 is 0 Å². The maximum atomic E-state index is 9.82. The number of rotatable bonds is 8. The third kappa shape index (κ3) is 7.47. The first-order valence-electron chi connectivity index (χ1n) is 4.66. The van der Waals surface area contributed by atoms with E-state index in [9.17, 15) is 4.91 Å². The molecule has 0 atom stereocenters. The van der Waals surface area contributed by atoms with E-state index in [1.807, 2.05) is 0 Å². The first kappa shape index (κ1) is 11.4. The summed E-state index contributed by atoms with van der Waals surface area (Å²) in [6.45, 7) is 2.77. The molecule has 0 aromatic heterocycles. The average Bonchev–Trinajstić information content (AvgIpc) is 2.10. The Hall–Kier alpha value is -0.640. The fourth-order valence-corrected chi connectivity index (χ4v) is 1.09. The molecule has 0 fully saturated rings. The van der Waals surface area contributed by atoms with E-state index in [0.717, 1.165) is 18.0 Å². The molecule has 0 heterocycles. The van der Waals surface area contributed by atoms with Crippen LogP contribution in [-0.2, 0) is 0 Å². The summed E-state index contributed by atoms with van der Waals surface area (Å²) in [7, 11) is 0. The highest BCUT2D eigenvalue weighted by atomic mass is 16.3. The molecule has 0 unspecified atom stereocenters. The van der Waals surface area contributed by atoms with Crippen molar-refractivity contribution in [3.05, 3.63) is 4.91 Å². The van der Waals surface area contributed by atoms with Crippen LogP contribution >= 0.6 is 0 Å². The second-order valence-corrected chi connectivity index (χ2v) is 3.01. The fraction of sp³-hybridized carbons (Fsp3) is 1.00. The van der Waals surface area contributed by atoms with Crippen LogP contribution in [0.5, 0.6) is 0 Å². The van der Waals surface area contributed by atoms with Gasteiger partial charge in [-0.3, -0.25) is 0 Å². The minimum absolute atomic E-state index is 0.579. The molecule has 0 aliphatic carbocycles. The minimum atomic E-state index is 0.579. The lowest BCUT2D eigenvalue weighted by atomic mass is 10.1. The largest absolute Gasteiger partial charge is 0.229 e. The van der Waals surface area contributed by atoms with E-state index in [4.69, 9.17) is 5.84 Å². The Bertz CT molecular complexity index is 108. The molecule has 0 rings (SSSR count). The van der Waals surface area contributed by atoms with Gasteiger partial charge in [-0.2, -0.15) is 5.12 Å². The highest BCUT2D eigenvalue weighted by Gasteiger charge is 1.94. The molecule has 12 heavy (non-hydrogen) atoms. The molecular formula is C8H19N3O. The molecule has 4 nitrogen and oxygen atoms in total. The standard InChI is InChI=1S/C8H19N3O/c1-2-3-4-5-6-7-8-11(9)10-12/h2-9H2,1H3. The lowest BCUT2D eigenvalue weighted by Crippen LogP contribution is -2.25. The van der Waals surface area contributed by atoms with Gasteiger partial charge < -0.3 is 0 Å². The number of nitrogens with zero attached hydrogens (tertiary/aromatic N) is 2. The molecule has 2 N–H and O–H groups in total. The van der Waals surface area contributed by atoms with Crippen molar-refractivity contribution in [3.8, 4) is 0 Å². The molecule has 72 valence electrons. The summed E-state index contributed by atoms with van der Waals surface area (Å²) in [6.07, 6.45) is 7.20. The molecule has 0 spiro atoms. The van der Waals surface area contributed by atoms with E-state index < -0.39 is 0 Å². The van der Waals surface area contributed by atoms with Gasteiger partial charge in [0.25, 0.3) is 0 Å². The van der Waals surface area contributed by atoms with Crippen LogP contribution in [0.1, 0.15) is 45.4 Å². The van der Waals surface area contributed by atoms with Crippen molar-refractivity contribution in [2.24, 2.45) is 11.1 Å². The van der Waals surface area contributed by atoms with Gasteiger partial charge in [-0.15, -0.1) is 4.91 Å². The molecule has 0 aromatic rings. The zero-order chi connectivity index (χ0) is 9.23. The molecule has 0 saturated carbocycles. The van der Waals surface area contributed by atoms with Crippen LogP contribution in [-0.4, -0.2) is 11.7 Å². The van der Waals surface area contributed by atoms with Crippen LogP contribution in [0.25, 0.3) is 0 Å². The maximum absolute atomic E-state index is 9.82. The highest BCUT2D eigenvalue weighted by Crippen LogP contribution is 2.04. The van der Waals surface area contributed by atoms with Crippen LogP contribution in [0.4, 0.5) is 0 Å². The smallest absolute Gasteiger partial charge is 0.0681 e. The van der Waals surface area contributed by atoms with Crippen LogP contribution in [0, 0.1) is 4.91 Å². The molecule has 0 saturated heterocycles. The first-order valence-corrected chi connectivity index (χ1v) is 4.66. The van der Waals surface area contributed by atoms with E-state index in [0.29, 0.717) is 6.54 Å². The van der Waals surface area contributed by atoms with Crippen molar-refractivity contribution in [1.29, 1.82) is 0 Å². The second kappa shape index (κ2) is 8.46. The lowest BCUT2D eigenvalue weighted by molar-refractivity contribution is 0.286. The molecule has 0 aliphatic rings. The Labute approximate surface area is 74.0 Å². The average molecular weight is 173 g/mol. The Morgan fingerprint density at radius 3 is 2.33 bits per heavy atom. The number of hydrogen-bond acceptors (Lipinski definition) is 3. The Balaban J connectivity index is 2.95. The van der Waals surface area contributed by atoms with Gasteiger partial charge in [0.05, 0.1) is 11.8 Å². The van der Waals surface area contributed by atoms with Gasteiger partial charge in [0.1, 0.15) is 0 Å². The van der Waals surface area contributed by atoms with Crippen LogP contribution < -0.4 is 5.84 Å². The zero-order valence-electron chi connectivity index (χ0n) is 7.83. The highest BCUT2D eigenvalue weighted by molar-refractivity contribution is 4.46. The van der Waals surface area contributed by atoms with E-state index in [-0.39, 0.29) is 0 Å². The summed E-state index contributed by atoms with van der Waals surface area (Å²) < 4.78 is 0. The van der Waals surface area contributed by atoms with Gasteiger partial charge in [-0.25, -0.2) is 5.84 Å². The van der Waals surface area contributed by atoms with Crippen molar-refractivity contribution >= 4 is 0 Å². The molecule has 0 amide bonds. The summed E-state index contributed by atoms with van der Waals surface area (Å²) in [4.78, 5) is 9.82. The summed E-state index contributed by atoms with van der Waals surface area (Å²) in [6, 6.07) is 0. The number of hydrogen-bond donors (Lipinski definition) is 1. The molecule has 0 radical (unpaired) electrons. The molecule has 0 bridgehead atoms. The van der Waals surface area contributed by atoms with Gasteiger partial charge in [-0.05, 0) is 6.42 Å². The topological polar surface area (TPSA) is 58.7 Å². The molecule has 0 aromatic carbocycles. The SMILES string of the molecule is CCCCCCCCN(N)N=O. The molecular weight excluding hydrogens is 154 g/mol. The van der Waals surface area contributed by atoms with Crippen molar-refractivity contribution in [3.63, 3.8) is 0 Å².